The van der Waals surface area contributed by atoms with Gasteiger partial charge in [-0.05, 0) is 42.5 Å². The number of nitrogens with one attached hydrogen (secondary N) is 1. The Balaban J connectivity index is 1.95. The van der Waals surface area contributed by atoms with Crippen LogP contribution in [0.25, 0.3) is 0 Å². The van der Waals surface area contributed by atoms with Crippen molar-refractivity contribution < 1.29 is 17.6 Å². The first-order chi connectivity index (χ1) is 14.5. The molecule has 2 nitrogen and oxygen atoms in total. The van der Waals surface area contributed by atoms with Gasteiger partial charge in [0.05, 0.1) is 11.4 Å². The first kappa shape index (κ1) is 19.5. The molecule has 0 unspecified atom stereocenters. The molecule has 4 rings (SSSR count). The van der Waals surface area contributed by atoms with Gasteiger partial charge < -0.3 is 10.2 Å². The molecule has 0 aliphatic rings. The average molecular weight is 408 g/mol. The van der Waals surface area contributed by atoms with E-state index in [1.165, 1.54) is 4.90 Å². The van der Waals surface area contributed by atoms with E-state index in [-0.39, 0.29) is 17.1 Å². The van der Waals surface area contributed by atoms with Crippen LogP contribution in [0.2, 0.25) is 0 Å². The van der Waals surface area contributed by atoms with Crippen LogP contribution < -0.4 is 10.2 Å². The van der Waals surface area contributed by atoms with Gasteiger partial charge in [0.1, 0.15) is 23.1 Å². The van der Waals surface area contributed by atoms with E-state index in [1.807, 2.05) is 6.07 Å². The number of anilines is 5. The summed E-state index contributed by atoms with van der Waals surface area (Å²) in [5, 5.41) is 2.99. The van der Waals surface area contributed by atoms with Gasteiger partial charge in [0.15, 0.2) is 5.82 Å². The minimum absolute atomic E-state index is 0.0559. The molecule has 0 heterocycles. The number of nitrogens with zero attached hydrogens (tertiary/aromatic N) is 1. The minimum Gasteiger partial charge on any atom is -0.354 e. The van der Waals surface area contributed by atoms with Gasteiger partial charge in [-0.25, -0.2) is 17.6 Å². The van der Waals surface area contributed by atoms with Crippen molar-refractivity contribution >= 4 is 28.4 Å². The van der Waals surface area contributed by atoms with Gasteiger partial charge in [0.25, 0.3) is 0 Å². The third-order valence-electron chi connectivity index (χ3n) is 4.42. The maximum absolute atomic E-state index is 15.1. The number of hydrogen-bond acceptors (Lipinski definition) is 2. The summed E-state index contributed by atoms with van der Waals surface area (Å²) in [5.41, 5.74) is 1.13. The SMILES string of the molecule is Fc1cc(F)cc(N(c2ccccc2)c2c(F)cc(F)cc2Nc2ccccc2)c1. The molecular formula is C24H16F4N2. The fourth-order valence-corrected chi connectivity index (χ4v) is 3.22. The first-order valence-corrected chi connectivity index (χ1v) is 9.13. The maximum Gasteiger partial charge on any atom is 0.152 e. The summed E-state index contributed by atoms with van der Waals surface area (Å²) in [7, 11) is 0. The minimum atomic E-state index is -0.887. The van der Waals surface area contributed by atoms with Gasteiger partial charge in [0, 0.05) is 23.5 Å². The van der Waals surface area contributed by atoms with Crippen molar-refractivity contribution in [3.05, 3.63) is 114 Å². The number of halogens is 4. The molecule has 4 aromatic carbocycles. The highest BCUT2D eigenvalue weighted by Crippen LogP contribution is 2.42. The van der Waals surface area contributed by atoms with Crippen LogP contribution in [-0.2, 0) is 0 Å². The van der Waals surface area contributed by atoms with Crippen molar-refractivity contribution in [2.75, 3.05) is 10.2 Å². The molecule has 0 aromatic heterocycles. The van der Waals surface area contributed by atoms with Crippen LogP contribution >= 0.6 is 0 Å². The van der Waals surface area contributed by atoms with E-state index in [0.717, 1.165) is 30.3 Å². The van der Waals surface area contributed by atoms with E-state index >= 15 is 4.39 Å². The second-order valence-electron chi connectivity index (χ2n) is 6.57. The van der Waals surface area contributed by atoms with Crippen molar-refractivity contribution in [2.24, 2.45) is 0 Å². The lowest BCUT2D eigenvalue weighted by atomic mass is 10.1. The van der Waals surface area contributed by atoms with E-state index < -0.39 is 23.3 Å². The van der Waals surface area contributed by atoms with Gasteiger partial charge in [-0.1, -0.05) is 36.4 Å². The van der Waals surface area contributed by atoms with Crippen LogP contribution in [0.4, 0.5) is 46.0 Å². The number of benzene rings is 4. The highest BCUT2D eigenvalue weighted by molar-refractivity contribution is 5.86. The Labute approximate surface area is 171 Å². The molecule has 0 aliphatic carbocycles. The lowest BCUT2D eigenvalue weighted by Gasteiger charge is -2.28. The average Bonchev–Trinajstić information content (AvgIpc) is 2.71. The lowest BCUT2D eigenvalue weighted by Crippen LogP contribution is -2.14. The zero-order chi connectivity index (χ0) is 21.1. The summed E-state index contributed by atoms with van der Waals surface area (Å²) in [6.07, 6.45) is 0. The Kier molecular flexibility index (Phi) is 5.39. The van der Waals surface area contributed by atoms with E-state index in [1.54, 1.807) is 54.6 Å². The van der Waals surface area contributed by atoms with Gasteiger partial charge in [-0.15, -0.1) is 0 Å². The van der Waals surface area contributed by atoms with Crippen LogP contribution in [0.1, 0.15) is 0 Å². The summed E-state index contributed by atoms with van der Waals surface area (Å²) >= 11 is 0. The van der Waals surface area contributed by atoms with Crippen LogP contribution in [-0.4, -0.2) is 0 Å². The monoisotopic (exact) mass is 408 g/mol. The Morgan fingerprint density at radius 3 is 1.77 bits per heavy atom. The Morgan fingerprint density at radius 2 is 1.13 bits per heavy atom. The van der Waals surface area contributed by atoms with Crippen molar-refractivity contribution in [1.82, 2.24) is 0 Å². The summed E-state index contributed by atoms with van der Waals surface area (Å²) in [6.45, 7) is 0. The number of hydrogen-bond donors (Lipinski definition) is 1. The third kappa shape index (κ3) is 4.12. The predicted octanol–water partition coefficient (Wildman–Crippen LogP) is 7.46. The molecule has 1 N–H and O–H groups in total. The van der Waals surface area contributed by atoms with Crippen molar-refractivity contribution in [2.45, 2.75) is 0 Å². The maximum atomic E-state index is 15.1. The third-order valence-corrected chi connectivity index (χ3v) is 4.42. The molecule has 0 aliphatic heterocycles. The molecule has 0 spiro atoms. The second kappa shape index (κ2) is 8.29. The molecule has 0 amide bonds. The fourth-order valence-electron chi connectivity index (χ4n) is 3.22. The smallest absolute Gasteiger partial charge is 0.152 e. The summed E-state index contributed by atoms with van der Waals surface area (Å²) < 4.78 is 57.2. The molecule has 0 saturated heterocycles. The van der Waals surface area contributed by atoms with E-state index in [0.29, 0.717) is 11.4 Å². The van der Waals surface area contributed by atoms with Crippen molar-refractivity contribution in [3.8, 4) is 0 Å². The molecule has 0 bridgehead atoms. The molecule has 150 valence electrons. The quantitative estimate of drug-likeness (QED) is 0.345. The van der Waals surface area contributed by atoms with E-state index in [9.17, 15) is 13.2 Å². The fraction of sp³-hybridized carbons (Fsp3) is 0. The normalized spacial score (nSPS) is 10.7. The highest BCUT2D eigenvalue weighted by atomic mass is 19.1. The molecule has 0 saturated carbocycles. The zero-order valence-electron chi connectivity index (χ0n) is 15.6. The molecule has 4 aromatic rings. The Bertz CT molecular complexity index is 1140. The highest BCUT2D eigenvalue weighted by Gasteiger charge is 2.22. The lowest BCUT2D eigenvalue weighted by molar-refractivity contribution is 0.580. The van der Waals surface area contributed by atoms with Gasteiger partial charge in [0.2, 0.25) is 0 Å². The Hall–Kier alpha value is -3.80. The van der Waals surface area contributed by atoms with Crippen LogP contribution in [0.15, 0.2) is 91.0 Å². The molecule has 0 atom stereocenters. The molecule has 6 heteroatoms. The standard InChI is InChI=1S/C24H16F4N2/c25-16-11-17(26)13-21(12-16)30(20-9-5-2-6-10-20)24-22(28)14-18(27)15-23(24)29-19-7-3-1-4-8-19/h1-15,29H. The van der Waals surface area contributed by atoms with Gasteiger partial charge in [-0.2, -0.15) is 0 Å². The Morgan fingerprint density at radius 1 is 0.567 bits per heavy atom. The first-order valence-electron chi connectivity index (χ1n) is 9.13. The molecule has 30 heavy (non-hydrogen) atoms. The van der Waals surface area contributed by atoms with E-state index in [2.05, 4.69) is 5.32 Å². The predicted molar refractivity (Wildman–Crippen MR) is 111 cm³/mol. The van der Waals surface area contributed by atoms with E-state index in [4.69, 9.17) is 0 Å². The second-order valence-corrected chi connectivity index (χ2v) is 6.57. The molecular weight excluding hydrogens is 392 g/mol. The van der Waals surface area contributed by atoms with Gasteiger partial charge >= 0.3 is 0 Å². The van der Waals surface area contributed by atoms with Crippen LogP contribution in [0, 0.1) is 23.3 Å². The topological polar surface area (TPSA) is 15.3 Å². The molecule has 0 fully saturated rings. The van der Waals surface area contributed by atoms with Crippen LogP contribution in [0.5, 0.6) is 0 Å². The van der Waals surface area contributed by atoms with Gasteiger partial charge in [-0.3, -0.25) is 0 Å². The number of para-hydroxylation sites is 2. The summed E-state index contributed by atoms with van der Waals surface area (Å²) in [5.74, 6) is -3.30. The molecule has 0 radical (unpaired) electrons. The largest absolute Gasteiger partial charge is 0.354 e. The van der Waals surface area contributed by atoms with Crippen molar-refractivity contribution in [3.63, 3.8) is 0 Å². The number of rotatable bonds is 5. The summed E-state index contributed by atoms with van der Waals surface area (Å²) in [6, 6.07) is 22.1. The van der Waals surface area contributed by atoms with Crippen LogP contribution in [0.3, 0.4) is 0 Å². The summed E-state index contributed by atoms with van der Waals surface area (Å²) in [4.78, 5) is 1.34. The van der Waals surface area contributed by atoms with Crippen molar-refractivity contribution in [1.29, 1.82) is 0 Å². The zero-order valence-corrected chi connectivity index (χ0v) is 15.6.